The van der Waals surface area contributed by atoms with E-state index in [0.717, 1.165) is 28.7 Å². The number of hydrogen-bond donors (Lipinski definition) is 2. The van der Waals surface area contributed by atoms with E-state index in [2.05, 4.69) is 23.5 Å². The predicted molar refractivity (Wildman–Crippen MR) is 116 cm³/mol. The Hall–Kier alpha value is -3.80. The lowest BCUT2D eigenvalue weighted by Crippen LogP contribution is -2.43. The number of nitrogens with one attached hydrogen (secondary N) is 1. The van der Waals surface area contributed by atoms with Crippen LogP contribution in [0.4, 0.5) is 4.79 Å². The summed E-state index contributed by atoms with van der Waals surface area (Å²) in [5.74, 6) is -0.440. The Morgan fingerprint density at radius 2 is 1.74 bits per heavy atom. The summed E-state index contributed by atoms with van der Waals surface area (Å²) in [6.45, 7) is 0.107. The molecule has 4 rings (SSSR count). The molecule has 31 heavy (non-hydrogen) atoms. The quantitative estimate of drug-likeness (QED) is 0.464. The summed E-state index contributed by atoms with van der Waals surface area (Å²) in [5, 5.41) is 12.0. The Labute approximate surface area is 180 Å². The molecule has 0 saturated carbocycles. The number of fused-ring (bicyclic) bond motifs is 3. The highest BCUT2D eigenvalue weighted by atomic mass is 16.6. The van der Waals surface area contributed by atoms with E-state index in [-0.39, 0.29) is 18.8 Å². The summed E-state index contributed by atoms with van der Waals surface area (Å²) in [7, 11) is 1.27. The fraction of sp³-hybridized carbons (Fsp3) is 0.200. The van der Waals surface area contributed by atoms with Crippen LogP contribution in [0.5, 0.6) is 5.75 Å². The second kappa shape index (κ2) is 8.92. The molecule has 3 aromatic carbocycles. The molecule has 1 aliphatic rings. The number of aromatic hydroxyl groups is 1. The van der Waals surface area contributed by atoms with Gasteiger partial charge in [0.05, 0.1) is 7.11 Å². The SMILES string of the molecule is COC(=O)C(Cc1ccc(O)cc1)NC(=O)OCc1cccc2c1Cc1ccccc1-2. The Kier molecular flexibility index (Phi) is 5.89. The number of phenolic OH excluding ortho intramolecular Hbond substituents is 1. The average molecular weight is 417 g/mol. The summed E-state index contributed by atoms with van der Waals surface area (Å²) in [6, 6.07) is 19.8. The molecule has 0 fully saturated rings. The van der Waals surface area contributed by atoms with Crippen LogP contribution in [0.25, 0.3) is 11.1 Å². The highest BCUT2D eigenvalue weighted by Gasteiger charge is 2.24. The number of carbonyl (C=O) groups is 2. The number of ether oxygens (including phenoxy) is 2. The molecule has 1 aliphatic carbocycles. The first-order valence-corrected chi connectivity index (χ1v) is 10.0. The molecule has 0 aliphatic heterocycles. The van der Waals surface area contributed by atoms with Gasteiger partial charge >= 0.3 is 12.1 Å². The third-order valence-corrected chi connectivity index (χ3v) is 5.46. The van der Waals surface area contributed by atoms with E-state index in [1.54, 1.807) is 12.1 Å². The van der Waals surface area contributed by atoms with E-state index in [1.807, 2.05) is 24.3 Å². The van der Waals surface area contributed by atoms with Gasteiger partial charge in [0.1, 0.15) is 18.4 Å². The number of alkyl carbamates (subject to hydrolysis) is 1. The summed E-state index contributed by atoms with van der Waals surface area (Å²) < 4.78 is 10.2. The summed E-state index contributed by atoms with van der Waals surface area (Å²) in [5.41, 5.74) is 6.50. The van der Waals surface area contributed by atoms with Gasteiger partial charge in [0, 0.05) is 6.42 Å². The lowest BCUT2D eigenvalue weighted by molar-refractivity contribution is -0.143. The monoisotopic (exact) mass is 417 g/mol. The normalized spacial score (nSPS) is 12.4. The molecule has 6 heteroatoms. The fourth-order valence-corrected chi connectivity index (χ4v) is 3.89. The summed E-state index contributed by atoms with van der Waals surface area (Å²) in [4.78, 5) is 24.6. The smallest absolute Gasteiger partial charge is 0.408 e. The standard InChI is InChI=1S/C25H23NO5/c1-30-24(28)23(13-16-9-11-19(27)12-10-16)26-25(29)31-15-18-6-4-8-21-20-7-3-2-5-17(20)14-22(18)21/h2-12,23,27H,13-15H2,1H3,(H,26,29). The Morgan fingerprint density at radius 1 is 1.00 bits per heavy atom. The van der Waals surface area contributed by atoms with Crippen molar-refractivity contribution in [3.8, 4) is 16.9 Å². The first-order valence-electron chi connectivity index (χ1n) is 10.0. The summed E-state index contributed by atoms with van der Waals surface area (Å²) in [6.07, 6.45) is 0.332. The predicted octanol–water partition coefficient (Wildman–Crippen LogP) is 3.97. The van der Waals surface area contributed by atoms with Crippen molar-refractivity contribution in [2.45, 2.75) is 25.5 Å². The maximum Gasteiger partial charge on any atom is 0.408 e. The molecule has 1 unspecified atom stereocenters. The number of benzene rings is 3. The van der Waals surface area contributed by atoms with Crippen molar-refractivity contribution in [2.24, 2.45) is 0 Å². The Bertz CT molecular complexity index is 1110. The molecule has 0 spiro atoms. The van der Waals surface area contributed by atoms with Gasteiger partial charge in [-0.25, -0.2) is 9.59 Å². The molecule has 158 valence electrons. The van der Waals surface area contributed by atoms with Gasteiger partial charge in [0.25, 0.3) is 0 Å². The molecule has 0 heterocycles. The second-order valence-electron chi connectivity index (χ2n) is 7.44. The van der Waals surface area contributed by atoms with Gasteiger partial charge in [0.15, 0.2) is 0 Å². The third kappa shape index (κ3) is 4.53. The second-order valence-corrected chi connectivity index (χ2v) is 7.44. The third-order valence-electron chi connectivity index (χ3n) is 5.46. The Balaban J connectivity index is 1.41. The van der Waals surface area contributed by atoms with Crippen LogP contribution < -0.4 is 5.32 Å². The minimum atomic E-state index is -0.896. The van der Waals surface area contributed by atoms with Crippen molar-refractivity contribution in [1.82, 2.24) is 5.32 Å². The first kappa shape index (κ1) is 20.5. The molecular formula is C25H23NO5. The maximum absolute atomic E-state index is 12.4. The highest BCUT2D eigenvalue weighted by Crippen LogP contribution is 2.38. The van der Waals surface area contributed by atoms with Gasteiger partial charge in [-0.2, -0.15) is 0 Å². The zero-order valence-electron chi connectivity index (χ0n) is 17.1. The van der Waals surface area contributed by atoms with Gasteiger partial charge in [-0.1, -0.05) is 54.6 Å². The van der Waals surface area contributed by atoms with Crippen LogP contribution in [0.1, 0.15) is 22.3 Å². The van der Waals surface area contributed by atoms with Crippen LogP contribution in [0.2, 0.25) is 0 Å². The van der Waals surface area contributed by atoms with Crippen molar-refractivity contribution < 1.29 is 24.2 Å². The lowest BCUT2D eigenvalue weighted by Gasteiger charge is -2.17. The van der Waals surface area contributed by atoms with E-state index in [4.69, 9.17) is 9.47 Å². The zero-order chi connectivity index (χ0) is 21.8. The molecule has 1 atom stereocenters. The topological polar surface area (TPSA) is 84.9 Å². The zero-order valence-corrected chi connectivity index (χ0v) is 17.1. The van der Waals surface area contributed by atoms with Crippen LogP contribution in [-0.4, -0.2) is 30.3 Å². The Morgan fingerprint density at radius 3 is 2.52 bits per heavy atom. The number of rotatable bonds is 6. The van der Waals surface area contributed by atoms with E-state index in [9.17, 15) is 14.7 Å². The molecule has 0 saturated heterocycles. The average Bonchev–Trinajstić information content (AvgIpc) is 3.17. The van der Waals surface area contributed by atoms with Crippen molar-refractivity contribution in [2.75, 3.05) is 7.11 Å². The van der Waals surface area contributed by atoms with Gasteiger partial charge in [-0.3, -0.25) is 0 Å². The molecule has 0 radical (unpaired) electrons. The number of methoxy groups -OCH3 is 1. The van der Waals surface area contributed by atoms with E-state index in [1.165, 1.54) is 30.4 Å². The van der Waals surface area contributed by atoms with Gasteiger partial charge in [-0.05, 0) is 51.9 Å². The van der Waals surface area contributed by atoms with Crippen LogP contribution in [0.3, 0.4) is 0 Å². The summed E-state index contributed by atoms with van der Waals surface area (Å²) >= 11 is 0. The number of hydrogen-bond acceptors (Lipinski definition) is 5. The molecular weight excluding hydrogens is 394 g/mol. The lowest BCUT2D eigenvalue weighted by atomic mass is 10.0. The van der Waals surface area contributed by atoms with Gasteiger partial charge in [-0.15, -0.1) is 0 Å². The van der Waals surface area contributed by atoms with Gasteiger partial charge < -0.3 is 19.9 Å². The number of phenols is 1. The van der Waals surface area contributed by atoms with Crippen molar-refractivity contribution in [3.63, 3.8) is 0 Å². The molecule has 0 bridgehead atoms. The van der Waals surface area contributed by atoms with Crippen LogP contribution in [0, 0.1) is 0 Å². The van der Waals surface area contributed by atoms with Crippen molar-refractivity contribution in [3.05, 3.63) is 89.0 Å². The molecule has 2 N–H and O–H groups in total. The molecule has 0 aromatic heterocycles. The van der Waals surface area contributed by atoms with E-state index >= 15 is 0 Å². The van der Waals surface area contributed by atoms with E-state index < -0.39 is 18.1 Å². The largest absolute Gasteiger partial charge is 0.508 e. The maximum atomic E-state index is 12.4. The van der Waals surface area contributed by atoms with Crippen molar-refractivity contribution in [1.29, 1.82) is 0 Å². The van der Waals surface area contributed by atoms with Crippen LogP contribution >= 0.6 is 0 Å². The molecule has 6 nitrogen and oxygen atoms in total. The fourth-order valence-electron chi connectivity index (χ4n) is 3.89. The minimum absolute atomic E-state index is 0.107. The molecule has 1 amide bonds. The van der Waals surface area contributed by atoms with Crippen molar-refractivity contribution >= 4 is 12.1 Å². The minimum Gasteiger partial charge on any atom is -0.508 e. The van der Waals surface area contributed by atoms with Crippen LogP contribution in [0.15, 0.2) is 66.7 Å². The molecule has 3 aromatic rings. The van der Waals surface area contributed by atoms with E-state index in [0.29, 0.717) is 0 Å². The van der Waals surface area contributed by atoms with Gasteiger partial charge in [0.2, 0.25) is 0 Å². The van der Waals surface area contributed by atoms with Crippen LogP contribution in [-0.2, 0) is 33.7 Å². The number of esters is 1. The number of amides is 1. The number of carbonyl (C=O) groups excluding carboxylic acids is 2. The first-order chi connectivity index (χ1) is 15.0. The highest BCUT2D eigenvalue weighted by molar-refractivity contribution is 5.82.